The van der Waals surface area contributed by atoms with Gasteiger partial charge in [-0.1, -0.05) is 53.2 Å². The van der Waals surface area contributed by atoms with E-state index in [0.717, 1.165) is 12.2 Å². The van der Waals surface area contributed by atoms with E-state index in [0.29, 0.717) is 12.5 Å². The van der Waals surface area contributed by atoms with Crippen molar-refractivity contribution in [2.75, 3.05) is 6.61 Å². The molecule has 0 aliphatic rings. The van der Waals surface area contributed by atoms with Gasteiger partial charge in [0.05, 0.1) is 0 Å². The number of hydrogen-bond donors (Lipinski definition) is 1. The largest absolute Gasteiger partial charge is 0.492 e. The Balaban J connectivity index is 2.63. The molecule has 0 fully saturated rings. The van der Waals surface area contributed by atoms with E-state index in [9.17, 15) is 0 Å². The van der Waals surface area contributed by atoms with Crippen LogP contribution in [0.4, 0.5) is 0 Å². The summed E-state index contributed by atoms with van der Waals surface area (Å²) in [5, 5.41) is 0. The maximum Gasteiger partial charge on any atom is 0.119 e. The van der Waals surface area contributed by atoms with Crippen molar-refractivity contribution < 1.29 is 4.74 Å². The molecule has 1 rings (SSSR count). The van der Waals surface area contributed by atoms with Crippen LogP contribution < -0.4 is 10.5 Å². The molecule has 0 amide bonds. The summed E-state index contributed by atoms with van der Waals surface area (Å²) in [6, 6.07) is 8.40. The van der Waals surface area contributed by atoms with E-state index < -0.39 is 0 Å². The van der Waals surface area contributed by atoms with Crippen molar-refractivity contribution in [1.82, 2.24) is 0 Å². The van der Waals surface area contributed by atoms with Crippen LogP contribution in [-0.2, 0) is 5.41 Å². The van der Waals surface area contributed by atoms with E-state index in [1.165, 1.54) is 5.56 Å². The average molecular weight is 249 g/mol. The van der Waals surface area contributed by atoms with Gasteiger partial charge in [-0.15, -0.1) is 0 Å². The zero-order chi connectivity index (χ0) is 13.8. The predicted octanol–water partition coefficient (Wildman–Crippen LogP) is 3.74. The van der Waals surface area contributed by atoms with E-state index in [1.54, 1.807) is 0 Å². The molecule has 102 valence electrons. The Morgan fingerprint density at radius 3 is 2.50 bits per heavy atom. The summed E-state index contributed by atoms with van der Waals surface area (Å²) in [6.07, 6.45) is 1.09. The molecule has 2 atom stereocenters. The third-order valence-corrected chi connectivity index (χ3v) is 3.52. The smallest absolute Gasteiger partial charge is 0.119 e. The van der Waals surface area contributed by atoms with Crippen LogP contribution in [0.3, 0.4) is 0 Å². The monoisotopic (exact) mass is 249 g/mol. The average Bonchev–Trinajstić information content (AvgIpc) is 2.34. The number of rotatable bonds is 5. The van der Waals surface area contributed by atoms with Gasteiger partial charge in [0, 0.05) is 6.04 Å². The minimum absolute atomic E-state index is 0.105. The number of ether oxygens (including phenoxy) is 1. The maximum atomic E-state index is 6.07. The van der Waals surface area contributed by atoms with Gasteiger partial charge in [0.15, 0.2) is 0 Å². The van der Waals surface area contributed by atoms with Crippen molar-refractivity contribution in [2.24, 2.45) is 11.7 Å². The van der Waals surface area contributed by atoms with Gasteiger partial charge in [0.25, 0.3) is 0 Å². The molecule has 0 heterocycles. The van der Waals surface area contributed by atoms with Gasteiger partial charge in [-0.25, -0.2) is 0 Å². The Morgan fingerprint density at radius 2 is 1.94 bits per heavy atom. The summed E-state index contributed by atoms with van der Waals surface area (Å²) in [5.41, 5.74) is 7.51. The van der Waals surface area contributed by atoms with Gasteiger partial charge < -0.3 is 10.5 Å². The lowest BCUT2D eigenvalue weighted by molar-refractivity contribution is 0.250. The standard InChI is InChI=1S/C16H27NO/c1-6-12(2)15(17)11-18-14-9-7-8-13(10-14)16(3,4)5/h7-10,12,15H,6,11,17H2,1-5H3. The topological polar surface area (TPSA) is 35.2 Å². The minimum atomic E-state index is 0.105. The van der Waals surface area contributed by atoms with Crippen molar-refractivity contribution >= 4 is 0 Å². The van der Waals surface area contributed by atoms with E-state index in [-0.39, 0.29) is 11.5 Å². The Bertz CT molecular complexity index is 368. The van der Waals surface area contributed by atoms with Gasteiger partial charge in [-0.2, -0.15) is 0 Å². The number of benzene rings is 1. The highest BCUT2D eigenvalue weighted by Crippen LogP contribution is 2.25. The van der Waals surface area contributed by atoms with Crippen molar-refractivity contribution in [2.45, 2.75) is 52.5 Å². The molecule has 0 radical (unpaired) electrons. The summed E-state index contributed by atoms with van der Waals surface area (Å²) >= 11 is 0. The molecule has 2 nitrogen and oxygen atoms in total. The van der Waals surface area contributed by atoms with E-state index in [2.05, 4.69) is 46.8 Å². The molecule has 1 aromatic carbocycles. The first-order valence-electron chi connectivity index (χ1n) is 6.83. The lowest BCUT2D eigenvalue weighted by Crippen LogP contribution is -2.34. The quantitative estimate of drug-likeness (QED) is 0.863. The molecule has 1 aromatic rings. The third kappa shape index (κ3) is 4.34. The molecule has 0 spiro atoms. The summed E-state index contributed by atoms with van der Waals surface area (Å²) in [6.45, 7) is 11.5. The van der Waals surface area contributed by atoms with Crippen LogP contribution in [0.5, 0.6) is 5.75 Å². The first-order chi connectivity index (χ1) is 8.34. The normalized spacial score (nSPS) is 15.2. The lowest BCUT2D eigenvalue weighted by Gasteiger charge is -2.21. The minimum Gasteiger partial charge on any atom is -0.492 e. The molecule has 2 N–H and O–H groups in total. The molecule has 0 aromatic heterocycles. The van der Waals surface area contributed by atoms with Crippen LogP contribution in [0.1, 0.15) is 46.6 Å². The second-order valence-corrected chi connectivity index (χ2v) is 6.14. The Labute approximate surface area is 112 Å². The molecule has 0 aliphatic carbocycles. The molecule has 0 saturated carbocycles. The highest BCUT2D eigenvalue weighted by molar-refractivity contribution is 5.32. The van der Waals surface area contributed by atoms with Crippen molar-refractivity contribution in [3.63, 3.8) is 0 Å². The predicted molar refractivity (Wildman–Crippen MR) is 78.1 cm³/mol. The van der Waals surface area contributed by atoms with Gasteiger partial charge in [-0.05, 0) is 29.0 Å². The Kier molecular flexibility index (Phi) is 5.21. The molecule has 0 aliphatic heterocycles. The van der Waals surface area contributed by atoms with Crippen molar-refractivity contribution in [3.05, 3.63) is 29.8 Å². The lowest BCUT2D eigenvalue weighted by atomic mass is 9.87. The van der Waals surface area contributed by atoms with Gasteiger partial charge in [0.2, 0.25) is 0 Å². The van der Waals surface area contributed by atoms with Gasteiger partial charge >= 0.3 is 0 Å². The molecule has 2 heteroatoms. The molecular weight excluding hydrogens is 222 g/mol. The zero-order valence-corrected chi connectivity index (χ0v) is 12.4. The molecule has 18 heavy (non-hydrogen) atoms. The van der Waals surface area contributed by atoms with Crippen molar-refractivity contribution in [1.29, 1.82) is 0 Å². The molecule has 0 bridgehead atoms. The summed E-state index contributed by atoms with van der Waals surface area (Å²) < 4.78 is 5.80. The third-order valence-electron chi connectivity index (χ3n) is 3.52. The Morgan fingerprint density at radius 1 is 1.28 bits per heavy atom. The summed E-state index contributed by atoms with van der Waals surface area (Å²) in [4.78, 5) is 0. The van der Waals surface area contributed by atoms with E-state index >= 15 is 0 Å². The van der Waals surface area contributed by atoms with Crippen LogP contribution in [0, 0.1) is 5.92 Å². The Hall–Kier alpha value is -1.02. The highest BCUT2D eigenvalue weighted by Gasteiger charge is 2.15. The second kappa shape index (κ2) is 6.24. The van der Waals surface area contributed by atoms with Gasteiger partial charge in [0.1, 0.15) is 12.4 Å². The fourth-order valence-electron chi connectivity index (χ4n) is 1.71. The molecule has 2 unspecified atom stereocenters. The highest BCUT2D eigenvalue weighted by atomic mass is 16.5. The summed E-state index contributed by atoms with van der Waals surface area (Å²) in [7, 11) is 0. The van der Waals surface area contributed by atoms with Crippen LogP contribution in [0.15, 0.2) is 24.3 Å². The molecule has 0 saturated heterocycles. The molecular formula is C16H27NO. The van der Waals surface area contributed by atoms with E-state index in [4.69, 9.17) is 10.5 Å². The van der Waals surface area contributed by atoms with Crippen LogP contribution in [0.2, 0.25) is 0 Å². The first-order valence-corrected chi connectivity index (χ1v) is 6.83. The zero-order valence-electron chi connectivity index (χ0n) is 12.4. The summed E-state index contributed by atoms with van der Waals surface area (Å²) in [5.74, 6) is 1.41. The van der Waals surface area contributed by atoms with Gasteiger partial charge in [-0.3, -0.25) is 0 Å². The first kappa shape index (κ1) is 15.0. The second-order valence-electron chi connectivity index (χ2n) is 6.14. The SMILES string of the molecule is CCC(C)C(N)COc1cccc(C(C)(C)C)c1. The maximum absolute atomic E-state index is 6.07. The van der Waals surface area contributed by atoms with Crippen LogP contribution in [0.25, 0.3) is 0 Å². The fourth-order valence-corrected chi connectivity index (χ4v) is 1.71. The van der Waals surface area contributed by atoms with E-state index in [1.807, 2.05) is 12.1 Å². The number of hydrogen-bond acceptors (Lipinski definition) is 2. The number of nitrogens with two attached hydrogens (primary N) is 1. The fraction of sp³-hybridized carbons (Fsp3) is 0.625. The van der Waals surface area contributed by atoms with Crippen molar-refractivity contribution in [3.8, 4) is 5.75 Å². The van der Waals surface area contributed by atoms with Crippen LogP contribution in [-0.4, -0.2) is 12.6 Å². The van der Waals surface area contributed by atoms with Crippen LogP contribution >= 0.6 is 0 Å².